The summed E-state index contributed by atoms with van der Waals surface area (Å²) in [6.45, 7) is 5.28. The van der Waals surface area contributed by atoms with Crippen molar-refractivity contribution < 1.29 is 5.11 Å². The van der Waals surface area contributed by atoms with Crippen LogP contribution in [0.3, 0.4) is 0 Å². The highest BCUT2D eigenvalue weighted by atomic mass is 16.3. The molecule has 0 saturated carbocycles. The third-order valence-corrected chi connectivity index (χ3v) is 4.10. The maximum atomic E-state index is 10.6. The summed E-state index contributed by atoms with van der Waals surface area (Å²) in [7, 11) is 1.98. The first-order chi connectivity index (χ1) is 10.2. The van der Waals surface area contributed by atoms with Gasteiger partial charge >= 0.3 is 0 Å². The Hall–Kier alpha value is -1.39. The Balaban J connectivity index is 2.05. The van der Waals surface area contributed by atoms with E-state index in [9.17, 15) is 5.11 Å². The van der Waals surface area contributed by atoms with Crippen LogP contribution in [0.4, 0.5) is 0 Å². The van der Waals surface area contributed by atoms with E-state index in [1.54, 1.807) is 6.33 Å². The van der Waals surface area contributed by atoms with E-state index >= 15 is 0 Å². The number of benzene rings is 1. The summed E-state index contributed by atoms with van der Waals surface area (Å²) in [6.07, 6.45) is 5.85. The maximum absolute atomic E-state index is 10.6. The number of unbranched alkanes of at least 4 members (excludes halogenated alkanes) is 2. The number of nitrogens with zero attached hydrogens (tertiary/aromatic N) is 2. The third kappa shape index (κ3) is 3.83. The van der Waals surface area contributed by atoms with Crippen molar-refractivity contribution in [3.63, 3.8) is 0 Å². The monoisotopic (exact) mass is 289 g/mol. The summed E-state index contributed by atoms with van der Waals surface area (Å²) in [5, 5.41) is 14.1. The van der Waals surface area contributed by atoms with Crippen molar-refractivity contribution in [1.29, 1.82) is 0 Å². The third-order valence-electron chi connectivity index (χ3n) is 4.10. The summed E-state index contributed by atoms with van der Waals surface area (Å²) in [5.74, 6) is 0. The number of aryl methyl sites for hydroxylation is 1. The topological polar surface area (TPSA) is 50.1 Å². The second-order valence-electron chi connectivity index (χ2n) is 5.72. The lowest BCUT2D eigenvalue weighted by Gasteiger charge is -2.23. The summed E-state index contributed by atoms with van der Waals surface area (Å²) in [5.41, 5.74) is 2.97. The molecule has 2 rings (SSSR count). The molecular weight excluding hydrogens is 262 g/mol. The lowest BCUT2D eigenvalue weighted by molar-refractivity contribution is 0.126. The number of hydrogen-bond acceptors (Lipinski definition) is 3. The van der Waals surface area contributed by atoms with Crippen molar-refractivity contribution in [3.05, 3.63) is 30.1 Å². The number of fused-ring (bicyclic) bond motifs is 1. The fourth-order valence-corrected chi connectivity index (χ4v) is 2.71. The van der Waals surface area contributed by atoms with Crippen LogP contribution in [0, 0.1) is 0 Å². The van der Waals surface area contributed by atoms with Crippen LogP contribution in [-0.2, 0) is 7.05 Å². The largest absolute Gasteiger partial charge is 0.387 e. The molecule has 0 aliphatic carbocycles. The Morgan fingerprint density at radius 2 is 2.10 bits per heavy atom. The van der Waals surface area contributed by atoms with Crippen molar-refractivity contribution in [3.8, 4) is 0 Å². The molecule has 21 heavy (non-hydrogen) atoms. The Morgan fingerprint density at radius 3 is 2.81 bits per heavy atom. The molecule has 116 valence electrons. The molecule has 1 heterocycles. The van der Waals surface area contributed by atoms with E-state index in [2.05, 4.69) is 24.1 Å². The lowest BCUT2D eigenvalue weighted by Crippen LogP contribution is -2.35. The fourth-order valence-electron chi connectivity index (χ4n) is 2.71. The first-order valence-corrected chi connectivity index (χ1v) is 7.99. The highest BCUT2D eigenvalue weighted by molar-refractivity contribution is 5.76. The number of nitrogens with one attached hydrogen (secondary N) is 1. The highest BCUT2D eigenvalue weighted by Crippen LogP contribution is 2.23. The Bertz CT molecular complexity index is 564. The molecule has 0 saturated heterocycles. The summed E-state index contributed by atoms with van der Waals surface area (Å²) < 4.78 is 1.99. The van der Waals surface area contributed by atoms with Gasteiger partial charge in [0.1, 0.15) is 0 Å². The molecule has 0 spiro atoms. The van der Waals surface area contributed by atoms with Gasteiger partial charge in [-0.25, -0.2) is 4.98 Å². The van der Waals surface area contributed by atoms with Crippen molar-refractivity contribution in [1.82, 2.24) is 14.9 Å². The molecule has 4 heteroatoms. The smallest absolute Gasteiger partial charge is 0.0955 e. The van der Waals surface area contributed by atoms with Crippen molar-refractivity contribution in [2.75, 3.05) is 6.54 Å². The summed E-state index contributed by atoms with van der Waals surface area (Å²) in [4.78, 5) is 4.36. The van der Waals surface area contributed by atoms with Gasteiger partial charge in [0.25, 0.3) is 0 Å². The van der Waals surface area contributed by atoms with Gasteiger partial charge in [0.15, 0.2) is 0 Å². The zero-order chi connectivity index (χ0) is 15.2. The van der Waals surface area contributed by atoms with Crippen LogP contribution in [0.25, 0.3) is 11.0 Å². The molecule has 0 fully saturated rings. The van der Waals surface area contributed by atoms with Gasteiger partial charge in [-0.1, -0.05) is 32.8 Å². The lowest BCUT2D eigenvalue weighted by atomic mass is 9.99. The zero-order valence-corrected chi connectivity index (χ0v) is 13.3. The fraction of sp³-hybridized carbons (Fsp3) is 0.588. The number of aliphatic hydroxyl groups is 1. The van der Waals surface area contributed by atoms with Gasteiger partial charge in [-0.3, -0.25) is 0 Å². The van der Waals surface area contributed by atoms with Gasteiger partial charge < -0.3 is 15.0 Å². The zero-order valence-electron chi connectivity index (χ0n) is 13.3. The standard InChI is InChI=1S/C17H27N3O/c1-4-6-7-10-18-14(5-2)17(21)13-8-9-16-15(11-13)19-12-20(16)3/h8-9,11-12,14,17-18,21H,4-7,10H2,1-3H3. The molecule has 0 bridgehead atoms. The van der Waals surface area contributed by atoms with Crippen molar-refractivity contribution in [2.24, 2.45) is 7.05 Å². The molecule has 0 amide bonds. The van der Waals surface area contributed by atoms with E-state index in [1.807, 2.05) is 29.8 Å². The van der Waals surface area contributed by atoms with Gasteiger partial charge in [-0.2, -0.15) is 0 Å². The number of aliphatic hydroxyl groups excluding tert-OH is 1. The maximum Gasteiger partial charge on any atom is 0.0955 e. The van der Waals surface area contributed by atoms with Crippen molar-refractivity contribution >= 4 is 11.0 Å². The van der Waals surface area contributed by atoms with Crippen LogP contribution in [0.15, 0.2) is 24.5 Å². The van der Waals surface area contributed by atoms with Crippen LogP contribution in [0.5, 0.6) is 0 Å². The minimum Gasteiger partial charge on any atom is -0.387 e. The van der Waals surface area contributed by atoms with Gasteiger partial charge in [-0.15, -0.1) is 0 Å². The molecule has 0 aliphatic rings. The molecule has 0 radical (unpaired) electrons. The first kappa shape index (κ1) is 16.0. The molecule has 2 N–H and O–H groups in total. The Kier molecular flexibility index (Phi) is 5.76. The number of aromatic nitrogens is 2. The molecule has 4 nitrogen and oxygen atoms in total. The second-order valence-corrected chi connectivity index (χ2v) is 5.72. The number of imidazole rings is 1. The van der Waals surface area contributed by atoms with Gasteiger partial charge in [0.2, 0.25) is 0 Å². The van der Waals surface area contributed by atoms with Gasteiger partial charge in [-0.05, 0) is 37.1 Å². The first-order valence-electron chi connectivity index (χ1n) is 7.99. The average Bonchev–Trinajstić information content (AvgIpc) is 2.88. The minimum atomic E-state index is -0.483. The average molecular weight is 289 g/mol. The van der Waals surface area contributed by atoms with E-state index in [0.29, 0.717) is 0 Å². The quantitative estimate of drug-likeness (QED) is 0.734. The normalized spacial score (nSPS) is 14.5. The van der Waals surface area contributed by atoms with E-state index in [4.69, 9.17) is 0 Å². The molecule has 2 aromatic rings. The molecule has 1 aromatic carbocycles. The molecule has 0 aliphatic heterocycles. The van der Waals surface area contributed by atoms with Crippen LogP contribution in [0.2, 0.25) is 0 Å². The number of rotatable bonds is 8. The van der Waals surface area contributed by atoms with E-state index in [0.717, 1.165) is 29.6 Å². The minimum absolute atomic E-state index is 0.100. The van der Waals surface area contributed by atoms with Crippen LogP contribution < -0.4 is 5.32 Å². The molecular formula is C17H27N3O. The summed E-state index contributed by atoms with van der Waals surface area (Å²) >= 11 is 0. The van der Waals surface area contributed by atoms with Gasteiger partial charge in [0.05, 0.1) is 23.5 Å². The second kappa shape index (κ2) is 7.57. The van der Waals surface area contributed by atoms with E-state index < -0.39 is 6.10 Å². The Labute approximate surface area is 127 Å². The highest BCUT2D eigenvalue weighted by Gasteiger charge is 2.19. The predicted molar refractivity (Wildman–Crippen MR) is 87.3 cm³/mol. The van der Waals surface area contributed by atoms with Crippen LogP contribution >= 0.6 is 0 Å². The van der Waals surface area contributed by atoms with Crippen molar-refractivity contribution in [2.45, 2.75) is 51.7 Å². The van der Waals surface area contributed by atoms with E-state index in [1.165, 1.54) is 19.3 Å². The summed E-state index contributed by atoms with van der Waals surface area (Å²) in [6, 6.07) is 6.13. The SMILES string of the molecule is CCCCCNC(CC)C(O)c1ccc2c(c1)ncn2C. The predicted octanol–water partition coefficient (Wildman–Crippen LogP) is 3.17. The van der Waals surface area contributed by atoms with Crippen LogP contribution in [-0.4, -0.2) is 27.2 Å². The van der Waals surface area contributed by atoms with Gasteiger partial charge in [0, 0.05) is 13.1 Å². The molecule has 2 unspecified atom stereocenters. The molecule has 2 atom stereocenters. The molecule has 1 aromatic heterocycles. The van der Waals surface area contributed by atoms with E-state index in [-0.39, 0.29) is 6.04 Å². The Morgan fingerprint density at radius 1 is 1.29 bits per heavy atom. The number of hydrogen-bond donors (Lipinski definition) is 2. The van der Waals surface area contributed by atoms with Crippen LogP contribution in [0.1, 0.15) is 51.2 Å².